The SMILES string of the molecule is Clc1ccc2ncc(-c3nnn[nH]3)n2c1CCc1nnn[nH]1. The minimum absolute atomic E-state index is 0.525. The highest BCUT2D eigenvalue weighted by Gasteiger charge is 2.15. The molecule has 2 N–H and O–H groups in total. The highest BCUT2D eigenvalue weighted by molar-refractivity contribution is 6.31. The monoisotopic (exact) mass is 316 g/mol. The largest absolute Gasteiger partial charge is 0.292 e. The molecule has 0 saturated heterocycles. The van der Waals surface area contributed by atoms with Gasteiger partial charge >= 0.3 is 0 Å². The first-order chi connectivity index (χ1) is 10.8. The fraction of sp³-hybridized carbons (Fsp3) is 0.182. The number of aromatic amines is 2. The fourth-order valence-electron chi connectivity index (χ4n) is 2.31. The molecule has 0 atom stereocenters. The van der Waals surface area contributed by atoms with E-state index in [1.165, 1.54) is 0 Å². The van der Waals surface area contributed by atoms with Crippen LogP contribution in [0.4, 0.5) is 0 Å². The van der Waals surface area contributed by atoms with Crippen LogP contribution in [0.2, 0.25) is 5.02 Å². The molecule has 0 aromatic carbocycles. The molecule has 0 aliphatic heterocycles. The molecule has 0 amide bonds. The molecule has 11 heteroatoms. The second-order valence-electron chi connectivity index (χ2n) is 4.56. The minimum Gasteiger partial charge on any atom is -0.292 e. The van der Waals surface area contributed by atoms with Gasteiger partial charge in [0, 0.05) is 12.1 Å². The van der Waals surface area contributed by atoms with Crippen LogP contribution in [0.25, 0.3) is 17.2 Å². The molecule has 0 spiro atoms. The summed E-state index contributed by atoms with van der Waals surface area (Å²) < 4.78 is 1.92. The number of nitrogens with one attached hydrogen (secondary N) is 2. The van der Waals surface area contributed by atoms with Crippen molar-refractivity contribution >= 4 is 17.2 Å². The molecule has 0 aliphatic rings. The Morgan fingerprint density at radius 3 is 2.68 bits per heavy atom. The number of H-pyrrole nitrogens is 2. The lowest BCUT2D eigenvalue weighted by molar-refractivity contribution is 0.827. The third kappa shape index (κ3) is 2.09. The zero-order valence-electron chi connectivity index (χ0n) is 11.1. The van der Waals surface area contributed by atoms with Gasteiger partial charge in [0.1, 0.15) is 17.2 Å². The van der Waals surface area contributed by atoms with Crippen LogP contribution in [0.5, 0.6) is 0 Å². The van der Waals surface area contributed by atoms with E-state index < -0.39 is 0 Å². The quantitative estimate of drug-likeness (QED) is 0.560. The van der Waals surface area contributed by atoms with E-state index >= 15 is 0 Å². The Hall–Kier alpha value is -2.88. The molecule has 0 bridgehead atoms. The maximum absolute atomic E-state index is 6.36. The van der Waals surface area contributed by atoms with Crippen LogP contribution in [0.1, 0.15) is 11.5 Å². The molecule has 0 aliphatic carbocycles. The van der Waals surface area contributed by atoms with Crippen LogP contribution >= 0.6 is 11.6 Å². The van der Waals surface area contributed by atoms with Crippen molar-refractivity contribution in [2.75, 3.05) is 0 Å². The average molecular weight is 317 g/mol. The van der Waals surface area contributed by atoms with Crippen molar-refractivity contribution in [1.29, 1.82) is 0 Å². The predicted octanol–water partition coefficient (Wildman–Crippen LogP) is 0.466. The Balaban J connectivity index is 1.81. The van der Waals surface area contributed by atoms with Crippen molar-refractivity contribution in [3.63, 3.8) is 0 Å². The molecule has 4 rings (SSSR count). The summed E-state index contributed by atoms with van der Waals surface area (Å²) in [7, 11) is 0. The van der Waals surface area contributed by atoms with Crippen molar-refractivity contribution in [1.82, 2.24) is 50.6 Å². The number of halogens is 1. The van der Waals surface area contributed by atoms with Gasteiger partial charge in [0.25, 0.3) is 0 Å². The molecular weight excluding hydrogens is 308 g/mol. The first-order valence-electron chi connectivity index (χ1n) is 6.44. The molecule has 22 heavy (non-hydrogen) atoms. The number of fused-ring (bicyclic) bond motifs is 1. The van der Waals surface area contributed by atoms with Gasteiger partial charge in [0.2, 0.25) is 0 Å². The molecule has 0 fully saturated rings. The standard InChI is InChI=1S/C11H9ClN10/c12-6-1-4-10-13-5-8(11-16-20-21-17-11)22(10)7(6)2-3-9-14-18-19-15-9/h1,4-5H,2-3H2,(H,14,15,18,19)(H,16,17,20,21). The highest BCUT2D eigenvalue weighted by Crippen LogP contribution is 2.24. The lowest BCUT2D eigenvalue weighted by Gasteiger charge is -2.09. The van der Waals surface area contributed by atoms with E-state index in [0.717, 1.165) is 17.0 Å². The Bertz CT molecular complexity index is 895. The number of pyridine rings is 1. The topological polar surface area (TPSA) is 126 Å². The molecule has 110 valence electrons. The molecule has 0 unspecified atom stereocenters. The summed E-state index contributed by atoms with van der Waals surface area (Å²) in [6.45, 7) is 0. The van der Waals surface area contributed by atoms with E-state index in [9.17, 15) is 0 Å². The lowest BCUT2D eigenvalue weighted by atomic mass is 10.2. The van der Waals surface area contributed by atoms with Gasteiger partial charge in [0.05, 0.1) is 11.2 Å². The van der Waals surface area contributed by atoms with Gasteiger partial charge in [-0.25, -0.2) is 15.2 Å². The Morgan fingerprint density at radius 2 is 1.91 bits per heavy atom. The molecule has 4 aromatic heterocycles. The van der Waals surface area contributed by atoms with E-state index in [1.807, 2.05) is 16.5 Å². The van der Waals surface area contributed by atoms with Crippen LogP contribution in [0, 0.1) is 0 Å². The smallest absolute Gasteiger partial charge is 0.198 e. The number of hydrogen-bond acceptors (Lipinski definition) is 7. The zero-order chi connectivity index (χ0) is 14.9. The van der Waals surface area contributed by atoms with Crippen LogP contribution in [-0.2, 0) is 12.8 Å². The summed E-state index contributed by atoms with van der Waals surface area (Å²) in [6.07, 6.45) is 2.96. The summed E-state index contributed by atoms with van der Waals surface area (Å²) >= 11 is 6.36. The third-order valence-corrected chi connectivity index (χ3v) is 3.63. The van der Waals surface area contributed by atoms with Crippen molar-refractivity contribution in [2.24, 2.45) is 0 Å². The zero-order valence-corrected chi connectivity index (χ0v) is 11.9. The molecule has 10 nitrogen and oxygen atoms in total. The average Bonchev–Trinajstić information content (AvgIpc) is 3.26. The Morgan fingerprint density at radius 1 is 1.05 bits per heavy atom. The van der Waals surface area contributed by atoms with Crippen molar-refractivity contribution < 1.29 is 0 Å². The van der Waals surface area contributed by atoms with Gasteiger partial charge in [0.15, 0.2) is 5.82 Å². The van der Waals surface area contributed by atoms with E-state index in [1.54, 1.807) is 6.20 Å². The van der Waals surface area contributed by atoms with E-state index in [0.29, 0.717) is 29.5 Å². The van der Waals surface area contributed by atoms with Crippen LogP contribution < -0.4 is 0 Å². The first-order valence-corrected chi connectivity index (χ1v) is 6.82. The molecular formula is C11H9ClN10. The third-order valence-electron chi connectivity index (χ3n) is 3.29. The Kier molecular flexibility index (Phi) is 3.00. The van der Waals surface area contributed by atoms with E-state index in [-0.39, 0.29) is 0 Å². The summed E-state index contributed by atoms with van der Waals surface area (Å²) in [5, 5.41) is 28.2. The molecule has 0 saturated carbocycles. The normalized spacial score (nSPS) is 11.3. The number of aryl methyl sites for hydroxylation is 2. The summed E-state index contributed by atoms with van der Waals surface area (Å²) in [6, 6.07) is 3.66. The number of tetrazole rings is 2. The van der Waals surface area contributed by atoms with Gasteiger partial charge in [-0.1, -0.05) is 11.6 Å². The van der Waals surface area contributed by atoms with Gasteiger partial charge in [-0.15, -0.1) is 10.2 Å². The van der Waals surface area contributed by atoms with Crippen molar-refractivity contribution in [3.8, 4) is 11.5 Å². The number of rotatable bonds is 4. The fourth-order valence-corrected chi connectivity index (χ4v) is 2.55. The maximum Gasteiger partial charge on any atom is 0.198 e. The first kappa shape index (κ1) is 12.8. The van der Waals surface area contributed by atoms with E-state index in [4.69, 9.17) is 11.6 Å². The maximum atomic E-state index is 6.36. The summed E-state index contributed by atoms with van der Waals surface area (Å²) in [4.78, 5) is 4.36. The molecule has 4 aromatic rings. The number of hydrogen-bond donors (Lipinski definition) is 2. The van der Waals surface area contributed by atoms with Gasteiger partial charge in [-0.05, 0) is 39.4 Å². The van der Waals surface area contributed by atoms with Crippen LogP contribution in [0.15, 0.2) is 18.3 Å². The second kappa shape index (κ2) is 5.15. The van der Waals surface area contributed by atoms with Crippen molar-refractivity contribution in [2.45, 2.75) is 12.8 Å². The lowest BCUT2D eigenvalue weighted by Crippen LogP contribution is -2.03. The highest BCUT2D eigenvalue weighted by atomic mass is 35.5. The van der Waals surface area contributed by atoms with Crippen molar-refractivity contribution in [3.05, 3.63) is 34.9 Å². The van der Waals surface area contributed by atoms with Gasteiger partial charge in [-0.2, -0.15) is 0 Å². The number of nitrogens with zero attached hydrogens (tertiary/aromatic N) is 8. The number of aromatic nitrogens is 10. The second-order valence-corrected chi connectivity index (χ2v) is 4.97. The predicted molar refractivity (Wildman–Crippen MR) is 75.0 cm³/mol. The Labute approximate surface area is 127 Å². The van der Waals surface area contributed by atoms with Crippen LogP contribution in [0.3, 0.4) is 0 Å². The minimum atomic E-state index is 0.525. The van der Waals surface area contributed by atoms with E-state index in [2.05, 4.69) is 46.2 Å². The summed E-state index contributed by atoms with van der Waals surface area (Å²) in [5.41, 5.74) is 2.40. The van der Waals surface area contributed by atoms with Gasteiger partial charge < -0.3 is 0 Å². The van der Waals surface area contributed by atoms with Gasteiger partial charge in [-0.3, -0.25) is 4.40 Å². The molecule has 4 heterocycles. The summed E-state index contributed by atoms with van der Waals surface area (Å²) in [5.74, 6) is 1.22. The molecule has 0 radical (unpaired) electrons. The number of imidazole rings is 1. The van der Waals surface area contributed by atoms with Crippen LogP contribution in [-0.4, -0.2) is 50.6 Å².